The summed E-state index contributed by atoms with van der Waals surface area (Å²) in [4.78, 5) is 0. The summed E-state index contributed by atoms with van der Waals surface area (Å²) < 4.78 is 5.76. The molecule has 0 aromatic heterocycles. The number of nitrogens with one attached hydrogen (secondary N) is 1. The number of fused-ring (bicyclic) bond motifs is 2. The van der Waals surface area contributed by atoms with Crippen LogP contribution in [0, 0.1) is 11.8 Å². The van der Waals surface area contributed by atoms with Crippen molar-refractivity contribution in [2.75, 3.05) is 13.2 Å². The average Bonchev–Trinajstić information content (AvgIpc) is 2.89. The Morgan fingerprint density at radius 2 is 2.07 bits per heavy atom. The summed E-state index contributed by atoms with van der Waals surface area (Å²) in [5.74, 6) is 2.05. The Morgan fingerprint density at radius 3 is 2.73 bits per heavy atom. The zero-order valence-electron chi connectivity index (χ0n) is 9.58. The van der Waals surface area contributed by atoms with Crippen LogP contribution in [0.4, 0.5) is 0 Å². The molecule has 0 aromatic rings. The van der Waals surface area contributed by atoms with E-state index >= 15 is 0 Å². The van der Waals surface area contributed by atoms with Gasteiger partial charge in [0.25, 0.3) is 0 Å². The van der Waals surface area contributed by atoms with E-state index in [9.17, 15) is 0 Å². The number of hydrogen-bond acceptors (Lipinski definition) is 2. The highest BCUT2D eigenvalue weighted by Gasteiger charge is 2.39. The minimum absolute atomic E-state index is 0.512. The first-order valence-electron chi connectivity index (χ1n) is 6.77. The van der Waals surface area contributed by atoms with E-state index in [1.54, 1.807) is 0 Å². The molecule has 4 atom stereocenters. The minimum Gasteiger partial charge on any atom is -0.377 e. The summed E-state index contributed by atoms with van der Waals surface area (Å²) in [5, 5.41) is 3.76. The molecule has 86 valence electrons. The molecule has 3 aliphatic rings. The molecule has 0 spiro atoms. The van der Waals surface area contributed by atoms with E-state index in [2.05, 4.69) is 5.32 Å². The van der Waals surface area contributed by atoms with Crippen molar-refractivity contribution in [1.82, 2.24) is 5.32 Å². The van der Waals surface area contributed by atoms with Crippen LogP contribution in [0.5, 0.6) is 0 Å². The zero-order valence-corrected chi connectivity index (χ0v) is 9.58. The first-order valence-corrected chi connectivity index (χ1v) is 6.77. The normalized spacial score (nSPS) is 44.8. The maximum atomic E-state index is 5.76. The highest BCUT2D eigenvalue weighted by molar-refractivity contribution is 4.94. The molecule has 2 bridgehead atoms. The summed E-state index contributed by atoms with van der Waals surface area (Å²) in [7, 11) is 0. The van der Waals surface area contributed by atoms with E-state index in [1.165, 1.54) is 44.9 Å². The van der Waals surface area contributed by atoms with Gasteiger partial charge in [-0.2, -0.15) is 0 Å². The standard InChI is InChI=1S/C13H23NO/c1-2-6-15-12(3-1)9-14-13-8-10-4-5-11(13)7-10/h10-14H,1-9H2. The fourth-order valence-corrected chi connectivity index (χ4v) is 3.75. The predicted molar refractivity (Wildman–Crippen MR) is 60.8 cm³/mol. The lowest BCUT2D eigenvalue weighted by Crippen LogP contribution is -2.40. The second-order valence-electron chi connectivity index (χ2n) is 5.68. The first kappa shape index (κ1) is 10.1. The second-order valence-corrected chi connectivity index (χ2v) is 5.68. The van der Waals surface area contributed by atoms with Crippen LogP contribution < -0.4 is 5.32 Å². The predicted octanol–water partition coefficient (Wildman–Crippen LogP) is 2.33. The van der Waals surface area contributed by atoms with E-state index in [-0.39, 0.29) is 0 Å². The molecule has 2 aliphatic carbocycles. The Kier molecular flexibility index (Phi) is 2.98. The van der Waals surface area contributed by atoms with Crippen molar-refractivity contribution in [2.45, 2.75) is 57.1 Å². The van der Waals surface area contributed by atoms with E-state index in [0.29, 0.717) is 6.10 Å². The lowest BCUT2D eigenvalue weighted by Gasteiger charge is -2.28. The van der Waals surface area contributed by atoms with E-state index < -0.39 is 0 Å². The van der Waals surface area contributed by atoms with Crippen molar-refractivity contribution in [3.05, 3.63) is 0 Å². The van der Waals surface area contributed by atoms with Crippen LogP contribution in [0.15, 0.2) is 0 Å². The molecule has 3 fully saturated rings. The van der Waals surface area contributed by atoms with Gasteiger partial charge in [0.2, 0.25) is 0 Å². The van der Waals surface area contributed by atoms with Crippen LogP contribution in [0.2, 0.25) is 0 Å². The van der Waals surface area contributed by atoms with Crippen LogP contribution in [-0.2, 0) is 4.74 Å². The fraction of sp³-hybridized carbons (Fsp3) is 1.00. The monoisotopic (exact) mass is 209 g/mol. The van der Waals surface area contributed by atoms with Gasteiger partial charge in [-0.15, -0.1) is 0 Å². The van der Waals surface area contributed by atoms with Crippen molar-refractivity contribution in [1.29, 1.82) is 0 Å². The third-order valence-electron chi connectivity index (χ3n) is 4.62. The Bertz CT molecular complexity index is 213. The van der Waals surface area contributed by atoms with Gasteiger partial charge in [0, 0.05) is 19.2 Å². The number of hydrogen-bond donors (Lipinski definition) is 1. The molecule has 1 N–H and O–H groups in total. The summed E-state index contributed by atoms with van der Waals surface area (Å²) in [6.45, 7) is 2.09. The quantitative estimate of drug-likeness (QED) is 0.770. The largest absolute Gasteiger partial charge is 0.377 e. The Hall–Kier alpha value is -0.0800. The Labute approximate surface area is 92.8 Å². The molecule has 2 nitrogen and oxygen atoms in total. The zero-order chi connectivity index (χ0) is 10.1. The smallest absolute Gasteiger partial charge is 0.0699 e. The van der Waals surface area contributed by atoms with Crippen molar-refractivity contribution >= 4 is 0 Å². The van der Waals surface area contributed by atoms with E-state index in [0.717, 1.165) is 31.0 Å². The van der Waals surface area contributed by atoms with Gasteiger partial charge in [-0.05, 0) is 50.4 Å². The van der Waals surface area contributed by atoms with Gasteiger partial charge in [0.1, 0.15) is 0 Å². The molecule has 15 heavy (non-hydrogen) atoms. The maximum absolute atomic E-state index is 5.76. The first-order chi connectivity index (χ1) is 7.42. The second kappa shape index (κ2) is 4.42. The van der Waals surface area contributed by atoms with Gasteiger partial charge >= 0.3 is 0 Å². The van der Waals surface area contributed by atoms with Gasteiger partial charge in [-0.3, -0.25) is 0 Å². The maximum Gasteiger partial charge on any atom is 0.0699 e. The number of rotatable bonds is 3. The summed E-state index contributed by atoms with van der Waals surface area (Å²) in [5.41, 5.74) is 0. The minimum atomic E-state index is 0.512. The van der Waals surface area contributed by atoms with Gasteiger partial charge in [-0.25, -0.2) is 0 Å². The molecule has 1 heterocycles. The van der Waals surface area contributed by atoms with Crippen LogP contribution >= 0.6 is 0 Å². The molecule has 0 amide bonds. The van der Waals surface area contributed by atoms with Crippen molar-refractivity contribution in [3.8, 4) is 0 Å². The number of ether oxygens (including phenoxy) is 1. The van der Waals surface area contributed by atoms with Crippen molar-refractivity contribution < 1.29 is 4.74 Å². The molecule has 0 radical (unpaired) electrons. The molecule has 4 unspecified atom stereocenters. The van der Waals surface area contributed by atoms with Crippen molar-refractivity contribution in [2.24, 2.45) is 11.8 Å². The van der Waals surface area contributed by atoms with Gasteiger partial charge < -0.3 is 10.1 Å². The molecule has 3 rings (SSSR count). The Balaban J connectivity index is 1.42. The molecular formula is C13H23NO. The van der Waals surface area contributed by atoms with Crippen LogP contribution in [0.1, 0.15) is 44.9 Å². The topological polar surface area (TPSA) is 21.3 Å². The van der Waals surface area contributed by atoms with Gasteiger partial charge in [0.05, 0.1) is 6.10 Å². The van der Waals surface area contributed by atoms with Gasteiger partial charge in [0.15, 0.2) is 0 Å². The summed E-state index contributed by atoms with van der Waals surface area (Å²) in [6.07, 6.45) is 10.3. The molecule has 2 heteroatoms. The Morgan fingerprint density at radius 1 is 1.07 bits per heavy atom. The molecule has 1 saturated heterocycles. The SMILES string of the molecule is C1CCC(CNC2CC3CCC2C3)OC1. The van der Waals surface area contributed by atoms with Crippen LogP contribution in [0.3, 0.4) is 0 Å². The van der Waals surface area contributed by atoms with Gasteiger partial charge in [-0.1, -0.05) is 6.42 Å². The van der Waals surface area contributed by atoms with Crippen LogP contribution in [-0.4, -0.2) is 25.3 Å². The highest BCUT2D eigenvalue weighted by Crippen LogP contribution is 2.44. The third kappa shape index (κ3) is 2.21. The molecule has 0 aromatic carbocycles. The fourth-order valence-electron chi connectivity index (χ4n) is 3.75. The van der Waals surface area contributed by atoms with Crippen LogP contribution in [0.25, 0.3) is 0 Å². The molecule has 1 aliphatic heterocycles. The average molecular weight is 209 g/mol. The van der Waals surface area contributed by atoms with E-state index in [4.69, 9.17) is 4.74 Å². The third-order valence-corrected chi connectivity index (χ3v) is 4.62. The summed E-state index contributed by atoms with van der Waals surface area (Å²) >= 11 is 0. The molecule has 2 saturated carbocycles. The lowest BCUT2D eigenvalue weighted by atomic mass is 9.95. The van der Waals surface area contributed by atoms with Crippen molar-refractivity contribution in [3.63, 3.8) is 0 Å². The molecular weight excluding hydrogens is 186 g/mol. The lowest BCUT2D eigenvalue weighted by molar-refractivity contribution is 0.0143. The summed E-state index contributed by atoms with van der Waals surface area (Å²) in [6, 6.07) is 0.828. The van der Waals surface area contributed by atoms with E-state index in [1.807, 2.05) is 0 Å². The highest BCUT2D eigenvalue weighted by atomic mass is 16.5.